The number of hydrogen-bond acceptors (Lipinski definition) is 4. The average Bonchev–Trinajstić information content (AvgIpc) is 3.24. The van der Waals surface area contributed by atoms with Crippen LogP contribution in [-0.2, 0) is 0 Å². The Labute approximate surface area is 279 Å². The molecule has 0 unspecified atom stereocenters. The smallest absolute Gasteiger partial charge is 0.135 e. The Kier molecular flexibility index (Phi) is 10.2. The summed E-state index contributed by atoms with van der Waals surface area (Å²) < 4.78 is 6.81. The maximum absolute atomic E-state index is 6.81. The summed E-state index contributed by atoms with van der Waals surface area (Å²) in [5, 5.41) is 7.00. The summed E-state index contributed by atoms with van der Waals surface area (Å²) >= 11 is 0. The van der Waals surface area contributed by atoms with E-state index in [1.165, 1.54) is 43.8 Å². The van der Waals surface area contributed by atoms with Crippen LogP contribution in [0, 0.1) is 0 Å². The van der Waals surface area contributed by atoms with Gasteiger partial charge in [0, 0.05) is 42.4 Å². The highest BCUT2D eigenvalue weighted by Gasteiger charge is 2.20. The first-order valence-corrected chi connectivity index (χ1v) is 16.2. The van der Waals surface area contributed by atoms with Crippen LogP contribution >= 0.6 is 0 Å². The van der Waals surface area contributed by atoms with E-state index in [1.54, 1.807) is 0 Å². The molecule has 4 heteroatoms. The molecule has 7 rings (SSSR count). The highest BCUT2D eigenvalue weighted by atomic mass is 16.3. The van der Waals surface area contributed by atoms with Gasteiger partial charge >= 0.3 is 0 Å². The van der Waals surface area contributed by atoms with Gasteiger partial charge in [0.25, 0.3) is 0 Å². The van der Waals surface area contributed by atoms with Crippen molar-refractivity contribution in [3.8, 4) is 11.1 Å². The summed E-state index contributed by atoms with van der Waals surface area (Å²) in [6, 6.07) is 28.3. The van der Waals surface area contributed by atoms with Crippen LogP contribution in [0.5, 0.6) is 0 Å². The molecule has 4 nitrogen and oxygen atoms in total. The fraction of sp³-hybridized carbons (Fsp3) is 0.209. The largest absolute Gasteiger partial charge is 0.456 e. The number of allylic oxidation sites excluding steroid dienone is 5. The minimum absolute atomic E-state index is 0. The highest BCUT2D eigenvalue weighted by Crippen LogP contribution is 2.45. The molecule has 0 radical (unpaired) electrons. The Balaban J connectivity index is 0.00000142. The first-order chi connectivity index (χ1) is 22.6. The maximum atomic E-state index is 6.81. The van der Waals surface area contributed by atoms with Crippen LogP contribution < -0.4 is 4.90 Å². The number of hydrogen-bond donors (Lipinski definition) is 0. The van der Waals surface area contributed by atoms with E-state index in [9.17, 15) is 0 Å². The lowest BCUT2D eigenvalue weighted by atomic mass is 9.91. The van der Waals surface area contributed by atoms with Gasteiger partial charge in [-0.2, -0.15) is 0 Å². The van der Waals surface area contributed by atoms with Crippen LogP contribution in [0.25, 0.3) is 60.2 Å². The molecule has 0 amide bonds. The second kappa shape index (κ2) is 14.5. The van der Waals surface area contributed by atoms with Crippen molar-refractivity contribution in [2.24, 2.45) is 9.98 Å². The Morgan fingerprint density at radius 1 is 0.872 bits per heavy atom. The van der Waals surface area contributed by atoms with Crippen molar-refractivity contribution < 1.29 is 4.42 Å². The van der Waals surface area contributed by atoms with E-state index in [2.05, 4.69) is 121 Å². The van der Waals surface area contributed by atoms with E-state index >= 15 is 0 Å². The van der Waals surface area contributed by atoms with E-state index in [-0.39, 0.29) is 7.43 Å². The van der Waals surface area contributed by atoms with Crippen molar-refractivity contribution in [1.29, 1.82) is 0 Å². The number of aliphatic imine (C=N–C) groups is 2. The number of nitrogens with zero attached hydrogens (tertiary/aromatic N) is 3. The normalized spacial score (nSPS) is 13.3. The summed E-state index contributed by atoms with van der Waals surface area (Å²) in [5.74, 6) is 0. The van der Waals surface area contributed by atoms with Crippen LogP contribution in [0.1, 0.15) is 46.6 Å². The fourth-order valence-corrected chi connectivity index (χ4v) is 6.55. The molecule has 6 aromatic rings. The number of fused-ring (bicyclic) bond motifs is 2. The molecule has 0 fully saturated rings. The van der Waals surface area contributed by atoms with Gasteiger partial charge in [0.15, 0.2) is 0 Å². The molecule has 47 heavy (non-hydrogen) atoms. The van der Waals surface area contributed by atoms with Crippen LogP contribution in [0.3, 0.4) is 0 Å². The lowest BCUT2D eigenvalue weighted by Crippen LogP contribution is -2.22. The standard InChI is InChI=1S/C40H35N3O.C2H6.CH4/c1-5-6-12-27(13-7-11-26(2)41-3)28-20-22-36-38-30(28)14-8-16-32(38)33-17-9-15-31-29(21-23-37(44-36)39(31)33)34-18-10-19-35-40(34)43(4)25-24-42-35;1-2;/h5,7-11,13-24H,1,6,12,25H2,2-4H3;1-2H3;1H4/b11-7-,27-13+,41-26?;;. The topological polar surface area (TPSA) is 41.1 Å². The Morgan fingerprint density at radius 3 is 2.26 bits per heavy atom. The number of para-hydroxylation sites is 1. The molecule has 0 saturated carbocycles. The molecule has 238 valence electrons. The van der Waals surface area contributed by atoms with Crippen molar-refractivity contribution in [1.82, 2.24) is 0 Å². The minimum Gasteiger partial charge on any atom is -0.456 e. The second-order valence-corrected chi connectivity index (χ2v) is 11.4. The summed E-state index contributed by atoms with van der Waals surface area (Å²) in [6.07, 6.45) is 12.1. The molecule has 1 aliphatic heterocycles. The molecule has 0 bridgehead atoms. The first kappa shape index (κ1) is 33.2. The van der Waals surface area contributed by atoms with Gasteiger partial charge in [-0.3, -0.25) is 9.98 Å². The summed E-state index contributed by atoms with van der Waals surface area (Å²) in [4.78, 5) is 11.2. The average molecular weight is 620 g/mol. The Hall–Kier alpha value is -5.22. The zero-order valence-corrected chi connectivity index (χ0v) is 27.5. The lowest BCUT2D eigenvalue weighted by Gasteiger charge is -2.26. The molecule has 2 heterocycles. The number of benzene rings is 5. The first-order valence-electron chi connectivity index (χ1n) is 16.2. The van der Waals surface area contributed by atoms with Crippen LogP contribution in [0.4, 0.5) is 11.4 Å². The van der Waals surface area contributed by atoms with Crippen molar-refractivity contribution in [3.63, 3.8) is 0 Å². The van der Waals surface area contributed by atoms with Gasteiger partial charge in [-0.25, -0.2) is 0 Å². The van der Waals surface area contributed by atoms with Gasteiger partial charge in [0.1, 0.15) is 11.2 Å². The predicted octanol–water partition coefficient (Wildman–Crippen LogP) is 12.4. The van der Waals surface area contributed by atoms with E-state index in [0.717, 1.165) is 58.4 Å². The van der Waals surface area contributed by atoms with Crippen LogP contribution in [-0.4, -0.2) is 32.6 Å². The second-order valence-electron chi connectivity index (χ2n) is 11.4. The number of rotatable bonds is 7. The van der Waals surface area contributed by atoms with Gasteiger partial charge in [-0.05, 0) is 88.4 Å². The summed E-state index contributed by atoms with van der Waals surface area (Å²) in [5.41, 5.74) is 9.75. The van der Waals surface area contributed by atoms with Crippen LogP contribution in [0.15, 0.2) is 124 Å². The molecule has 0 spiro atoms. The molecule has 0 saturated heterocycles. The molecule has 1 aliphatic rings. The van der Waals surface area contributed by atoms with Crippen molar-refractivity contribution in [2.75, 3.05) is 25.5 Å². The molecule has 5 aromatic carbocycles. The van der Waals surface area contributed by atoms with Crippen molar-refractivity contribution in [3.05, 3.63) is 115 Å². The molecule has 0 atom stereocenters. The Bertz CT molecular complexity index is 2210. The van der Waals surface area contributed by atoms with Gasteiger partial charge in [0.05, 0.1) is 17.9 Å². The van der Waals surface area contributed by atoms with E-state index in [1.807, 2.05) is 40.1 Å². The van der Waals surface area contributed by atoms with Gasteiger partial charge in [-0.1, -0.05) is 94.1 Å². The van der Waals surface area contributed by atoms with E-state index < -0.39 is 0 Å². The van der Waals surface area contributed by atoms with E-state index in [4.69, 9.17) is 9.41 Å². The lowest BCUT2D eigenvalue weighted by molar-refractivity contribution is 0.664. The third-order valence-corrected chi connectivity index (χ3v) is 8.74. The highest BCUT2D eigenvalue weighted by molar-refractivity contribution is 6.26. The minimum atomic E-state index is 0. The third-order valence-electron chi connectivity index (χ3n) is 8.74. The van der Waals surface area contributed by atoms with Crippen molar-refractivity contribution in [2.45, 2.75) is 41.0 Å². The molecule has 1 aromatic heterocycles. The molecular formula is C43H45N3O. The zero-order chi connectivity index (χ0) is 32.2. The zero-order valence-electron chi connectivity index (χ0n) is 27.5. The van der Waals surface area contributed by atoms with E-state index in [0.29, 0.717) is 0 Å². The number of anilines is 1. The Morgan fingerprint density at radius 2 is 1.53 bits per heavy atom. The van der Waals surface area contributed by atoms with Gasteiger partial charge in [0.2, 0.25) is 0 Å². The maximum Gasteiger partial charge on any atom is 0.135 e. The van der Waals surface area contributed by atoms with Crippen molar-refractivity contribution >= 4 is 72.4 Å². The molecular weight excluding hydrogens is 574 g/mol. The predicted molar refractivity (Wildman–Crippen MR) is 209 cm³/mol. The van der Waals surface area contributed by atoms with Gasteiger partial charge < -0.3 is 9.32 Å². The fourth-order valence-electron chi connectivity index (χ4n) is 6.55. The third kappa shape index (κ3) is 6.04. The SMILES string of the molecule is C.C=CCC/C(=C\C=C/C(C)=NC)c1ccc2oc3ccc(-c4cccc5c4N(C)CC=N5)c4cccc(c5cccc1c25)c34.CC. The van der Waals surface area contributed by atoms with Gasteiger partial charge in [-0.15, -0.1) is 6.58 Å². The summed E-state index contributed by atoms with van der Waals surface area (Å²) in [7, 11) is 3.95. The molecule has 0 N–H and O–H groups in total. The van der Waals surface area contributed by atoms with Crippen LogP contribution in [0.2, 0.25) is 0 Å². The summed E-state index contributed by atoms with van der Waals surface area (Å²) in [6.45, 7) is 10.8. The monoisotopic (exact) mass is 619 g/mol. The molecule has 0 aliphatic carbocycles. The quantitative estimate of drug-likeness (QED) is 0.101.